The number of hydrogen-bond acceptors (Lipinski definition) is 7. The van der Waals surface area contributed by atoms with Crippen LogP contribution in [0.2, 0.25) is 0 Å². The van der Waals surface area contributed by atoms with Gasteiger partial charge in [0.15, 0.2) is 6.61 Å². The summed E-state index contributed by atoms with van der Waals surface area (Å²) in [5.41, 5.74) is 2.36. The normalized spacial score (nSPS) is 16.2. The van der Waals surface area contributed by atoms with Crippen molar-refractivity contribution in [2.75, 3.05) is 19.8 Å². The van der Waals surface area contributed by atoms with E-state index in [-0.39, 0.29) is 18.3 Å². The van der Waals surface area contributed by atoms with Crippen LogP contribution in [-0.4, -0.2) is 48.5 Å². The molecule has 0 spiro atoms. The summed E-state index contributed by atoms with van der Waals surface area (Å²) in [4.78, 5) is 34.9. The first-order chi connectivity index (χ1) is 13.8. The molecule has 1 aliphatic rings. The van der Waals surface area contributed by atoms with E-state index in [2.05, 4.69) is 9.30 Å². The van der Waals surface area contributed by atoms with Crippen LogP contribution in [-0.2, 0) is 30.3 Å². The summed E-state index contributed by atoms with van der Waals surface area (Å²) in [6.07, 6.45) is 2.72. The third-order valence-electron chi connectivity index (χ3n) is 4.51. The Morgan fingerprint density at radius 1 is 1.38 bits per heavy atom. The van der Waals surface area contributed by atoms with Crippen LogP contribution in [0, 0.1) is 25.2 Å². The van der Waals surface area contributed by atoms with Gasteiger partial charge in [0.1, 0.15) is 11.6 Å². The van der Waals surface area contributed by atoms with Gasteiger partial charge in [-0.2, -0.15) is 5.26 Å². The third-order valence-corrected chi connectivity index (χ3v) is 4.51. The minimum Gasteiger partial charge on any atom is -0.451 e. The molecule has 1 aliphatic heterocycles. The number of alkyl carbamates (subject to hydrolysis) is 1. The van der Waals surface area contributed by atoms with Crippen LogP contribution in [0.25, 0.3) is 6.08 Å². The topological polar surface area (TPSA) is 120 Å². The molecule has 9 heteroatoms. The Kier molecular flexibility index (Phi) is 7.98. The lowest BCUT2D eigenvalue weighted by Gasteiger charge is -2.14. The number of hydrogen-bond donors (Lipinski definition) is 1. The largest absolute Gasteiger partial charge is 0.451 e. The number of carbonyl (C=O) groups is 3. The summed E-state index contributed by atoms with van der Waals surface area (Å²) in [5.74, 6) is -1.79. The molecule has 2 heterocycles. The second-order valence-corrected chi connectivity index (χ2v) is 6.59. The van der Waals surface area contributed by atoms with Gasteiger partial charge in [0.25, 0.3) is 5.91 Å². The Morgan fingerprint density at radius 3 is 2.76 bits per heavy atom. The number of nitriles is 1. The highest BCUT2D eigenvalue weighted by atomic mass is 16.6. The van der Waals surface area contributed by atoms with Gasteiger partial charge in [-0.1, -0.05) is 0 Å². The molecular weight excluding hydrogens is 378 g/mol. The van der Waals surface area contributed by atoms with Crippen molar-refractivity contribution in [1.82, 2.24) is 9.88 Å². The molecular formula is C20H25N3O6. The van der Waals surface area contributed by atoms with Crippen molar-refractivity contribution in [2.45, 2.75) is 46.3 Å². The first-order valence-electron chi connectivity index (χ1n) is 9.39. The van der Waals surface area contributed by atoms with E-state index in [4.69, 9.17) is 9.47 Å². The minimum atomic E-state index is -0.949. The summed E-state index contributed by atoms with van der Waals surface area (Å²) in [7, 11) is 0. The molecule has 1 aromatic rings. The molecule has 1 saturated heterocycles. The fraction of sp³-hybridized carbons (Fsp3) is 0.500. The van der Waals surface area contributed by atoms with E-state index in [9.17, 15) is 19.6 Å². The fourth-order valence-electron chi connectivity index (χ4n) is 3.07. The van der Waals surface area contributed by atoms with E-state index in [1.54, 1.807) is 13.0 Å². The van der Waals surface area contributed by atoms with Crippen molar-refractivity contribution in [3.05, 3.63) is 28.6 Å². The molecule has 0 unspecified atom stereocenters. The third kappa shape index (κ3) is 6.19. The Labute approximate surface area is 169 Å². The number of aromatic nitrogens is 1. The summed E-state index contributed by atoms with van der Waals surface area (Å²) in [5, 5.41) is 11.2. The van der Waals surface area contributed by atoms with Crippen LogP contribution in [0.15, 0.2) is 11.6 Å². The maximum atomic E-state index is 12.1. The number of esters is 1. The zero-order valence-corrected chi connectivity index (χ0v) is 16.8. The molecule has 1 atom stereocenters. The number of nitrogens with zero attached hydrogens (tertiary/aromatic N) is 2. The first-order valence-corrected chi connectivity index (χ1v) is 9.39. The van der Waals surface area contributed by atoms with Gasteiger partial charge < -0.3 is 18.8 Å². The van der Waals surface area contributed by atoms with E-state index >= 15 is 0 Å². The molecule has 0 bridgehead atoms. The van der Waals surface area contributed by atoms with Crippen molar-refractivity contribution < 1.29 is 28.6 Å². The van der Waals surface area contributed by atoms with Crippen molar-refractivity contribution in [3.63, 3.8) is 0 Å². The SMILES string of the molecule is CCOC(=O)NC(=O)COC(=O)/C(C#N)=C/c1cc(C)n(C[C@H]2CCCO2)c1C. The quantitative estimate of drug-likeness (QED) is 0.420. The highest BCUT2D eigenvalue weighted by Crippen LogP contribution is 2.22. The summed E-state index contributed by atoms with van der Waals surface area (Å²) >= 11 is 0. The van der Waals surface area contributed by atoms with E-state index in [1.807, 2.05) is 25.2 Å². The molecule has 0 aromatic carbocycles. The maximum Gasteiger partial charge on any atom is 0.413 e. The van der Waals surface area contributed by atoms with Crippen molar-refractivity contribution in [2.24, 2.45) is 0 Å². The molecule has 2 rings (SSSR count). The molecule has 0 aliphatic carbocycles. The lowest BCUT2D eigenvalue weighted by Crippen LogP contribution is -2.34. The van der Waals surface area contributed by atoms with Crippen LogP contribution >= 0.6 is 0 Å². The molecule has 0 radical (unpaired) electrons. The number of imide groups is 1. The standard InChI is InChI=1S/C20H25N3O6/c1-4-27-20(26)22-18(24)12-29-19(25)16(10-21)9-15-8-13(2)23(14(15)3)11-17-6-5-7-28-17/h8-9,17H,4-7,11-12H2,1-3H3,(H,22,24,26)/b16-9+/t17-/m1/s1. The highest BCUT2D eigenvalue weighted by Gasteiger charge is 2.20. The van der Waals surface area contributed by atoms with Crippen molar-refractivity contribution in [3.8, 4) is 6.07 Å². The smallest absolute Gasteiger partial charge is 0.413 e. The number of nitrogens with one attached hydrogen (secondary N) is 1. The van der Waals surface area contributed by atoms with Crippen LogP contribution in [0.4, 0.5) is 4.79 Å². The van der Waals surface area contributed by atoms with Crippen LogP contribution in [0.1, 0.15) is 36.7 Å². The number of aryl methyl sites for hydroxylation is 1. The lowest BCUT2D eigenvalue weighted by atomic mass is 10.1. The van der Waals surface area contributed by atoms with Gasteiger partial charge in [-0.25, -0.2) is 9.59 Å². The molecule has 0 saturated carbocycles. The maximum absolute atomic E-state index is 12.1. The molecule has 1 N–H and O–H groups in total. The molecule has 1 fully saturated rings. The molecule has 9 nitrogen and oxygen atoms in total. The van der Waals surface area contributed by atoms with Gasteiger partial charge in [0.05, 0.1) is 12.7 Å². The average molecular weight is 403 g/mol. The first kappa shape index (κ1) is 22.2. The summed E-state index contributed by atoms with van der Waals surface area (Å²) in [6, 6.07) is 3.67. The number of rotatable bonds is 7. The Balaban J connectivity index is 2.03. The number of carbonyl (C=O) groups excluding carboxylic acids is 3. The monoisotopic (exact) mass is 403 g/mol. The van der Waals surface area contributed by atoms with Crippen LogP contribution < -0.4 is 5.32 Å². The van der Waals surface area contributed by atoms with E-state index in [0.29, 0.717) is 12.1 Å². The predicted octanol–water partition coefficient (Wildman–Crippen LogP) is 2.01. The van der Waals surface area contributed by atoms with Crippen molar-refractivity contribution in [1.29, 1.82) is 5.26 Å². The zero-order valence-electron chi connectivity index (χ0n) is 16.8. The van der Waals surface area contributed by atoms with Crippen molar-refractivity contribution >= 4 is 24.0 Å². The van der Waals surface area contributed by atoms with E-state index in [0.717, 1.165) is 30.8 Å². The van der Waals surface area contributed by atoms with E-state index in [1.165, 1.54) is 6.08 Å². The lowest BCUT2D eigenvalue weighted by molar-refractivity contribution is -0.144. The molecule has 1 aromatic heterocycles. The second kappa shape index (κ2) is 10.4. The molecule has 2 amide bonds. The Bertz CT molecular complexity index is 843. The predicted molar refractivity (Wildman–Crippen MR) is 103 cm³/mol. The summed E-state index contributed by atoms with van der Waals surface area (Å²) < 4.78 is 17.1. The Hall–Kier alpha value is -3.12. The fourth-order valence-corrected chi connectivity index (χ4v) is 3.07. The molecule has 29 heavy (non-hydrogen) atoms. The van der Waals surface area contributed by atoms with Gasteiger partial charge in [0, 0.05) is 24.5 Å². The summed E-state index contributed by atoms with van der Waals surface area (Å²) in [6.45, 7) is 6.33. The van der Waals surface area contributed by atoms with Gasteiger partial charge in [-0.3, -0.25) is 10.1 Å². The highest BCUT2D eigenvalue weighted by molar-refractivity contribution is 6.00. The van der Waals surface area contributed by atoms with Crippen LogP contribution in [0.5, 0.6) is 0 Å². The minimum absolute atomic E-state index is 0.103. The van der Waals surface area contributed by atoms with Gasteiger partial charge in [-0.05, 0) is 51.3 Å². The number of amides is 2. The Morgan fingerprint density at radius 2 is 2.14 bits per heavy atom. The number of ether oxygens (including phenoxy) is 3. The average Bonchev–Trinajstić information content (AvgIpc) is 3.28. The van der Waals surface area contributed by atoms with E-state index < -0.39 is 24.6 Å². The van der Waals surface area contributed by atoms with Gasteiger partial charge >= 0.3 is 12.1 Å². The second-order valence-electron chi connectivity index (χ2n) is 6.59. The molecule has 156 valence electrons. The van der Waals surface area contributed by atoms with Crippen LogP contribution in [0.3, 0.4) is 0 Å². The van der Waals surface area contributed by atoms with Gasteiger partial charge in [0.2, 0.25) is 0 Å². The van der Waals surface area contributed by atoms with Gasteiger partial charge in [-0.15, -0.1) is 0 Å². The zero-order chi connectivity index (χ0) is 21.4.